The standard InChI is InChI=1S/C15H16BrN.ClH/c1-10-4-3-5-11(2)15(10)13-6-12(9-17)7-14(16)8-13;/h3-8H,9,17H2,1-2H3;1H. The van der Waals surface area contributed by atoms with E-state index in [-0.39, 0.29) is 12.4 Å². The molecule has 0 amide bonds. The Morgan fingerprint density at radius 2 is 1.67 bits per heavy atom. The van der Waals surface area contributed by atoms with E-state index in [0.717, 1.165) is 10.0 Å². The second-order valence-corrected chi connectivity index (χ2v) is 5.23. The summed E-state index contributed by atoms with van der Waals surface area (Å²) in [5.41, 5.74) is 12.0. The van der Waals surface area contributed by atoms with Crippen LogP contribution in [0.25, 0.3) is 11.1 Å². The van der Waals surface area contributed by atoms with Gasteiger partial charge in [0.1, 0.15) is 0 Å². The Hall–Kier alpha value is -0.830. The van der Waals surface area contributed by atoms with Crippen molar-refractivity contribution in [3.8, 4) is 11.1 Å². The maximum absolute atomic E-state index is 5.72. The van der Waals surface area contributed by atoms with Gasteiger partial charge >= 0.3 is 0 Å². The number of hydrogen-bond acceptors (Lipinski definition) is 1. The van der Waals surface area contributed by atoms with Gasteiger partial charge in [0.25, 0.3) is 0 Å². The van der Waals surface area contributed by atoms with Crippen molar-refractivity contribution in [2.75, 3.05) is 0 Å². The topological polar surface area (TPSA) is 26.0 Å². The van der Waals surface area contributed by atoms with E-state index in [0.29, 0.717) is 6.54 Å². The SMILES string of the molecule is Cc1cccc(C)c1-c1cc(Br)cc(CN)c1.Cl. The molecule has 2 rings (SSSR count). The quantitative estimate of drug-likeness (QED) is 0.856. The third-order valence-corrected chi connectivity index (χ3v) is 3.42. The van der Waals surface area contributed by atoms with Crippen LogP contribution in [0.4, 0.5) is 0 Å². The molecule has 0 aromatic heterocycles. The normalized spacial score (nSPS) is 10.0. The molecule has 96 valence electrons. The molecule has 0 bridgehead atoms. The van der Waals surface area contributed by atoms with Gasteiger partial charge in [0.2, 0.25) is 0 Å². The molecule has 0 unspecified atom stereocenters. The van der Waals surface area contributed by atoms with E-state index in [1.807, 2.05) is 0 Å². The molecule has 0 aliphatic rings. The summed E-state index contributed by atoms with van der Waals surface area (Å²) in [6, 6.07) is 12.8. The summed E-state index contributed by atoms with van der Waals surface area (Å²) >= 11 is 3.54. The summed E-state index contributed by atoms with van der Waals surface area (Å²) in [4.78, 5) is 0. The maximum Gasteiger partial charge on any atom is 0.0184 e. The van der Waals surface area contributed by atoms with Crippen molar-refractivity contribution in [3.05, 3.63) is 57.6 Å². The molecule has 0 radical (unpaired) electrons. The fourth-order valence-corrected chi connectivity index (χ4v) is 2.72. The predicted octanol–water partition coefficient (Wildman–Crippen LogP) is 4.61. The van der Waals surface area contributed by atoms with Gasteiger partial charge in [-0.3, -0.25) is 0 Å². The smallest absolute Gasteiger partial charge is 0.0184 e. The highest BCUT2D eigenvalue weighted by Gasteiger charge is 2.07. The first-order valence-electron chi connectivity index (χ1n) is 5.68. The zero-order valence-corrected chi connectivity index (χ0v) is 12.9. The molecular weight excluding hydrogens is 310 g/mol. The Bertz CT molecular complexity index is 532. The van der Waals surface area contributed by atoms with Crippen LogP contribution >= 0.6 is 28.3 Å². The molecule has 2 aromatic rings. The lowest BCUT2D eigenvalue weighted by Crippen LogP contribution is -1.97. The minimum Gasteiger partial charge on any atom is -0.326 e. The largest absolute Gasteiger partial charge is 0.326 e. The number of rotatable bonds is 2. The van der Waals surface area contributed by atoms with Gasteiger partial charge in [-0.05, 0) is 59.9 Å². The van der Waals surface area contributed by atoms with E-state index >= 15 is 0 Å². The van der Waals surface area contributed by atoms with Crippen LogP contribution < -0.4 is 5.73 Å². The number of aryl methyl sites for hydroxylation is 2. The molecule has 0 spiro atoms. The van der Waals surface area contributed by atoms with Crippen molar-refractivity contribution in [2.45, 2.75) is 20.4 Å². The zero-order chi connectivity index (χ0) is 12.4. The second kappa shape index (κ2) is 6.37. The molecule has 3 heteroatoms. The Labute approximate surface area is 123 Å². The molecule has 0 heterocycles. The first-order valence-corrected chi connectivity index (χ1v) is 6.47. The lowest BCUT2D eigenvalue weighted by atomic mass is 9.95. The first-order chi connectivity index (χ1) is 8.11. The lowest BCUT2D eigenvalue weighted by molar-refractivity contribution is 1.07. The van der Waals surface area contributed by atoms with Gasteiger partial charge in [0.15, 0.2) is 0 Å². The minimum atomic E-state index is 0. The summed E-state index contributed by atoms with van der Waals surface area (Å²) in [6.45, 7) is 4.86. The number of hydrogen-bond donors (Lipinski definition) is 1. The summed E-state index contributed by atoms with van der Waals surface area (Å²) in [7, 11) is 0. The Kier molecular flexibility index (Phi) is 5.39. The van der Waals surface area contributed by atoms with Gasteiger partial charge in [-0.15, -0.1) is 12.4 Å². The van der Waals surface area contributed by atoms with E-state index in [9.17, 15) is 0 Å². The molecule has 18 heavy (non-hydrogen) atoms. The first kappa shape index (κ1) is 15.2. The fraction of sp³-hybridized carbons (Fsp3) is 0.200. The van der Waals surface area contributed by atoms with E-state index in [2.05, 4.69) is 66.2 Å². The maximum atomic E-state index is 5.72. The Morgan fingerprint density at radius 1 is 1.06 bits per heavy atom. The van der Waals surface area contributed by atoms with Crippen molar-refractivity contribution >= 4 is 28.3 Å². The van der Waals surface area contributed by atoms with Crippen LogP contribution in [0, 0.1) is 13.8 Å². The van der Waals surface area contributed by atoms with Crippen LogP contribution in [0.3, 0.4) is 0 Å². The minimum absolute atomic E-state index is 0. The highest BCUT2D eigenvalue weighted by atomic mass is 79.9. The van der Waals surface area contributed by atoms with Crippen LogP contribution in [-0.2, 0) is 6.54 Å². The summed E-state index contributed by atoms with van der Waals surface area (Å²) in [5.74, 6) is 0. The Morgan fingerprint density at radius 3 is 2.22 bits per heavy atom. The van der Waals surface area contributed by atoms with Gasteiger partial charge < -0.3 is 5.73 Å². The molecule has 0 atom stereocenters. The number of benzene rings is 2. The van der Waals surface area contributed by atoms with Crippen molar-refractivity contribution in [2.24, 2.45) is 5.73 Å². The van der Waals surface area contributed by atoms with Crippen molar-refractivity contribution in [1.29, 1.82) is 0 Å². The van der Waals surface area contributed by atoms with E-state index in [1.165, 1.54) is 22.3 Å². The Balaban J connectivity index is 0.00000162. The molecule has 0 aliphatic carbocycles. The lowest BCUT2D eigenvalue weighted by Gasteiger charge is -2.11. The van der Waals surface area contributed by atoms with Crippen molar-refractivity contribution in [3.63, 3.8) is 0 Å². The van der Waals surface area contributed by atoms with Gasteiger partial charge in [0, 0.05) is 11.0 Å². The summed E-state index contributed by atoms with van der Waals surface area (Å²) in [5, 5.41) is 0. The van der Waals surface area contributed by atoms with Gasteiger partial charge in [-0.2, -0.15) is 0 Å². The number of nitrogens with two attached hydrogens (primary N) is 1. The molecular formula is C15H17BrClN. The van der Waals surface area contributed by atoms with Gasteiger partial charge in [0.05, 0.1) is 0 Å². The summed E-state index contributed by atoms with van der Waals surface area (Å²) in [6.07, 6.45) is 0. The van der Waals surface area contributed by atoms with Crippen molar-refractivity contribution < 1.29 is 0 Å². The van der Waals surface area contributed by atoms with Gasteiger partial charge in [-0.1, -0.05) is 34.1 Å². The molecule has 0 saturated carbocycles. The molecule has 1 nitrogen and oxygen atoms in total. The van der Waals surface area contributed by atoms with Crippen LogP contribution in [0.1, 0.15) is 16.7 Å². The predicted molar refractivity (Wildman–Crippen MR) is 84.2 cm³/mol. The molecule has 0 fully saturated rings. The van der Waals surface area contributed by atoms with Gasteiger partial charge in [-0.25, -0.2) is 0 Å². The molecule has 2 aromatic carbocycles. The molecule has 0 saturated heterocycles. The van der Waals surface area contributed by atoms with E-state index < -0.39 is 0 Å². The van der Waals surface area contributed by atoms with E-state index in [4.69, 9.17) is 5.73 Å². The fourth-order valence-electron chi connectivity index (χ4n) is 2.18. The third-order valence-electron chi connectivity index (χ3n) is 2.96. The number of halogens is 2. The average molecular weight is 327 g/mol. The van der Waals surface area contributed by atoms with Crippen LogP contribution in [0.2, 0.25) is 0 Å². The monoisotopic (exact) mass is 325 g/mol. The molecule has 2 N–H and O–H groups in total. The van der Waals surface area contributed by atoms with Crippen LogP contribution in [-0.4, -0.2) is 0 Å². The van der Waals surface area contributed by atoms with E-state index in [1.54, 1.807) is 0 Å². The van der Waals surface area contributed by atoms with Crippen LogP contribution in [0.15, 0.2) is 40.9 Å². The van der Waals surface area contributed by atoms with Crippen molar-refractivity contribution in [1.82, 2.24) is 0 Å². The second-order valence-electron chi connectivity index (χ2n) is 4.32. The van der Waals surface area contributed by atoms with Crippen LogP contribution in [0.5, 0.6) is 0 Å². The summed E-state index contributed by atoms with van der Waals surface area (Å²) < 4.78 is 1.08. The highest BCUT2D eigenvalue weighted by molar-refractivity contribution is 9.10. The average Bonchev–Trinajstić information content (AvgIpc) is 2.28. The molecule has 0 aliphatic heterocycles. The zero-order valence-electron chi connectivity index (χ0n) is 10.5. The third kappa shape index (κ3) is 3.14. The highest BCUT2D eigenvalue weighted by Crippen LogP contribution is 2.30.